The summed E-state index contributed by atoms with van der Waals surface area (Å²) in [4.78, 5) is 26.7. The molecule has 0 bridgehead atoms. The highest BCUT2D eigenvalue weighted by Crippen LogP contribution is 2.37. The second-order valence-corrected chi connectivity index (χ2v) is 7.09. The SMILES string of the molecule is COCCN1C(=O)C[C@H](CNC(=O)c2csnc2C)[C@H]1c1cnn(C)c1. The van der Waals surface area contributed by atoms with Crippen molar-refractivity contribution in [3.05, 3.63) is 34.6 Å². The fourth-order valence-corrected chi connectivity index (χ4v) is 4.07. The van der Waals surface area contributed by atoms with E-state index in [1.807, 2.05) is 25.1 Å². The molecule has 2 atom stereocenters. The number of hydrogen-bond donors (Lipinski definition) is 1. The second kappa shape index (κ2) is 7.96. The largest absolute Gasteiger partial charge is 0.383 e. The predicted molar refractivity (Wildman–Crippen MR) is 96.8 cm³/mol. The molecule has 1 fully saturated rings. The van der Waals surface area contributed by atoms with Crippen LogP contribution in [0.3, 0.4) is 0 Å². The summed E-state index contributed by atoms with van der Waals surface area (Å²) in [6.07, 6.45) is 4.10. The molecule has 3 rings (SSSR count). The van der Waals surface area contributed by atoms with Crippen LogP contribution in [-0.4, -0.2) is 57.7 Å². The van der Waals surface area contributed by atoms with Gasteiger partial charge in [-0.05, 0) is 18.5 Å². The Bertz CT molecular complexity index is 787. The molecule has 1 aliphatic heterocycles. The molecule has 9 heteroatoms. The van der Waals surface area contributed by atoms with Crippen LogP contribution in [0, 0.1) is 12.8 Å². The van der Waals surface area contributed by atoms with Crippen LogP contribution < -0.4 is 5.32 Å². The van der Waals surface area contributed by atoms with Crippen molar-refractivity contribution in [1.29, 1.82) is 0 Å². The summed E-state index contributed by atoms with van der Waals surface area (Å²) >= 11 is 1.26. The van der Waals surface area contributed by atoms with Gasteiger partial charge in [-0.25, -0.2) is 0 Å². The van der Waals surface area contributed by atoms with Gasteiger partial charge in [0.25, 0.3) is 5.91 Å². The minimum atomic E-state index is -0.149. The van der Waals surface area contributed by atoms with Crippen molar-refractivity contribution in [2.75, 3.05) is 26.8 Å². The van der Waals surface area contributed by atoms with Gasteiger partial charge >= 0.3 is 0 Å². The molecule has 0 unspecified atom stereocenters. The molecule has 1 saturated heterocycles. The maximum Gasteiger partial charge on any atom is 0.254 e. The average molecular weight is 377 g/mol. The first-order valence-corrected chi connectivity index (χ1v) is 9.31. The molecule has 2 amide bonds. The van der Waals surface area contributed by atoms with Gasteiger partial charge in [-0.1, -0.05) is 0 Å². The van der Waals surface area contributed by atoms with E-state index in [9.17, 15) is 9.59 Å². The quantitative estimate of drug-likeness (QED) is 0.782. The fraction of sp³-hybridized carbons (Fsp3) is 0.529. The molecule has 1 N–H and O–H groups in total. The summed E-state index contributed by atoms with van der Waals surface area (Å²) in [7, 11) is 3.47. The lowest BCUT2D eigenvalue weighted by atomic mass is 9.95. The van der Waals surface area contributed by atoms with Crippen LogP contribution in [-0.2, 0) is 16.6 Å². The molecule has 1 aliphatic rings. The van der Waals surface area contributed by atoms with E-state index < -0.39 is 0 Å². The van der Waals surface area contributed by atoms with Gasteiger partial charge in [-0.3, -0.25) is 14.3 Å². The van der Waals surface area contributed by atoms with E-state index in [-0.39, 0.29) is 23.8 Å². The number of hydrogen-bond acceptors (Lipinski definition) is 6. The number of carbonyl (C=O) groups excluding carboxylic acids is 2. The van der Waals surface area contributed by atoms with Crippen LogP contribution in [0.2, 0.25) is 0 Å². The fourth-order valence-electron chi connectivity index (χ4n) is 3.37. The van der Waals surface area contributed by atoms with E-state index in [0.717, 1.165) is 11.3 Å². The Morgan fingerprint density at radius 1 is 1.50 bits per heavy atom. The number of nitrogens with zero attached hydrogens (tertiary/aromatic N) is 4. The van der Waals surface area contributed by atoms with Crippen LogP contribution in [0.4, 0.5) is 0 Å². The summed E-state index contributed by atoms with van der Waals surface area (Å²) in [5, 5.41) is 8.94. The van der Waals surface area contributed by atoms with E-state index in [0.29, 0.717) is 31.7 Å². The first-order valence-electron chi connectivity index (χ1n) is 8.47. The Labute approximate surface area is 156 Å². The van der Waals surface area contributed by atoms with Crippen molar-refractivity contribution in [3.8, 4) is 0 Å². The highest BCUT2D eigenvalue weighted by molar-refractivity contribution is 7.03. The summed E-state index contributed by atoms with van der Waals surface area (Å²) in [5.74, 6) is -0.0908. The molecule has 2 aromatic heterocycles. The predicted octanol–water partition coefficient (Wildman–Crippen LogP) is 1.15. The molecule has 0 radical (unpaired) electrons. The van der Waals surface area contributed by atoms with E-state index in [4.69, 9.17) is 4.74 Å². The van der Waals surface area contributed by atoms with E-state index in [1.54, 1.807) is 23.4 Å². The number of rotatable bonds is 7. The van der Waals surface area contributed by atoms with Crippen LogP contribution in [0.25, 0.3) is 0 Å². The van der Waals surface area contributed by atoms with Gasteiger partial charge in [0.1, 0.15) is 0 Å². The zero-order valence-electron chi connectivity index (χ0n) is 15.1. The highest BCUT2D eigenvalue weighted by Gasteiger charge is 2.41. The van der Waals surface area contributed by atoms with Gasteiger partial charge in [-0.2, -0.15) is 9.47 Å². The summed E-state index contributed by atoms with van der Waals surface area (Å²) in [5.41, 5.74) is 2.29. The minimum absolute atomic E-state index is 0.0144. The average Bonchev–Trinajstić information content (AvgIpc) is 3.30. The van der Waals surface area contributed by atoms with E-state index in [1.165, 1.54) is 11.5 Å². The first kappa shape index (κ1) is 18.5. The third kappa shape index (κ3) is 3.78. The zero-order valence-corrected chi connectivity index (χ0v) is 16.0. The van der Waals surface area contributed by atoms with Crippen molar-refractivity contribution in [2.24, 2.45) is 13.0 Å². The number of aromatic nitrogens is 3. The monoisotopic (exact) mass is 377 g/mol. The highest BCUT2D eigenvalue weighted by atomic mass is 32.1. The van der Waals surface area contributed by atoms with Crippen molar-refractivity contribution < 1.29 is 14.3 Å². The lowest BCUT2D eigenvalue weighted by Gasteiger charge is -2.27. The standard InChI is InChI=1S/C17H23N5O3S/c1-11-14(10-26-20-11)17(24)18-7-12-6-15(23)22(4-5-25-3)16(12)13-8-19-21(2)9-13/h8-10,12,16H,4-7H2,1-3H3,(H,18,24)/t12-,16+/m1/s1. The van der Waals surface area contributed by atoms with Crippen molar-refractivity contribution in [1.82, 2.24) is 24.4 Å². The maximum absolute atomic E-state index is 12.5. The van der Waals surface area contributed by atoms with E-state index in [2.05, 4.69) is 14.8 Å². The topological polar surface area (TPSA) is 89.3 Å². The number of carbonyl (C=O) groups is 2. The summed E-state index contributed by atoms with van der Waals surface area (Å²) in [6, 6.07) is -0.117. The second-order valence-electron chi connectivity index (χ2n) is 6.46. The van der Waals surface area contributed by atoms with Gasteiger partial charge in [0.05, 0.1) is 30.1 Å². The maximum atomic E-state index is 12.5. The van der Waals surface area contributed by atoms with Gasteiger partial charge in [0, 0.05) is 56.7 Å². The van der Waals surface area contributed by atoms with Crippen LogP contribution in [0.15, 0.2) is 17.8 Å². The van der Waals surface area contributed by atoms with Crippen molar-refractivity contribution in [2.45, 2.75) is 19.4 Å². The number of methoxy groups -OCH3 is 1. The third-order valence-electron chi connectivity index (χ3n) is 4.66. The van der Waals surface area contributed by atoms with Gasteiger partial charge in [0.2, 0.25) is 5.91 Å². The first-order chi connectivity index (χ1) is 12.5. The molecular weight excluding hydrogens is 354 g/mol. The normalized spacial score (nSPS) is 20.0. The molecule has 3 heterocycles. The Balaban J connectivity index is 1.74. The molecule has 140 valence electrons. The van der Waals surface area contributed by atoms with Crippen LogP contribution in [0.5, 0.6) is 0 Å². The Morgan fingerprint density at radius 2 is 2.31 bits per heavy atom. The van der Waals surface area contributed by atoms with Gasteiger partial charge < -0.3 is 15.0 Å². The van der Waals surface area contributed by atoms with Crippen molar-refractivity contribution in [3.63, 3.8) is 0 Å². The summed E-state index contributed by atoms with van der Waals surface area (Å²) < 4.78 is 11.0. The van der Waals surface area contributed by atoms with Crippen LogP contribution >= 0.6 is 11.5 Å². The molecule has 0 spiro atoms. The molecule has 8 nitrogen and oxygen atoms in total. The zero-order chi connectivity index (χ0) is 18.7. The van der Waals surface area contributed by atoms with Crippen LogP contribution in [0.1, 0.15) is 34.1 Å². The lowest BCUT2D eigenvalue weighted by Crippen LogP contribution is -2.35. The smallest absolute Gasteiger partial charge is 0.254 e. The lowest BCUT2D eigenvalue weighted by molar-refractivity contribution is -0.129. The Hall–Kier alpha value is -2.26. The number of nitrogens with one attached hydrogen (secondary N) is 1. The molecule has 26 heavy (non-hydrogen) atoms. The molecule has 0 aliphatic carbocycles. The molecule has 2 aromatic rings. The molecular formula is C17H23N5O3S. The van der Waals surface area contributed by atoms with Gasteiger partial charge in [-0.15, -0.1) is 0 Å². The number of likely N-dealkylation sites (tertiary alicyclic amines) is 1. The third-order valence-corrected chi connectivity index (χ3v) is 5.38. The minimum Gasteiger partial charge on any atom is -0.383 e. The number of amides is 2. The molecule has 0 saturated carbocycles. The Kier molecular flexibility index (Phi) is 5.67. The van der Waals surface area contributed by atoms with E-state index >= 15 is 0 Å². The summed E-state index contributed by atoms with van der Waals surface area (Å²) in [6.45, 7) is 3.23. The van der Waals surface area contributed by atoms with Gasteiger partial charge in [0.15, 0.2) is 0 Å². The Morgan fingerprint density at radius 3 is 2.92 bits per heavy atom. The number of aryl methyl sites for hydroxylation is 2. The number of ether oxygens (including phenoxy) is 1. The van der Waals surface area contributed by atoms with Crippen molar-refractivity contribution >= 4 is 23.3 Å². The molecule has 0 aromatic carbocycles.